The number of hydrogen-bond donors (Lipinski definition) is 1. The van der Waals surface area contributed by atoms with E-state index in [1.165, 1.54) is 0 Å². The van der Waals surface area contributed by atoms with Gasteiger partial charge >= 0.3 is 0 Å². The van der Waals surface area contributed by atoms with Crippen LogP contribution in [0.5, 0.6) is 5.75 Å². The number of anilines is 2. The Bertz CT molecular complexity index is 725. The van der Waals surface area contributed by atoms with Gasteiger partial charge in [0.1, 0.15) is 17.4 Å². The number of ketones is 1. The number of carbonyl (C=O) groups excluding carboxylic acids is 1. The van der Waals surface area contributed by atoms with Gasteiger partial charge in [0.2, 0.25) is 0 Å². The van der Waals surface area contributed by atoms with Crippen LogP contribution in [0.15, 0.2) is 36.4 Å². The van der Waals surface area contributed by atoms with Gasteiger partial charge in [0.05, 0.1) is 25.9 Å². The summed E-state index contributed by atoms with van der Waals surface area (Å²) in [5.74, 6) is 2.30. The zero-order valence-electron chi connectivity index (χ0n) is 14.6. The molecule has 1 saturated heterocycles. The fraction of sp³-hybridized carbons (Fsp3) is 0.368. The lowest BCUT2D eigenvalue weighted by Crippen LogP contribution is -2.36. The molecule has 0 unspecified atom stereocenters. The minimum Gasteiger partial charge on any atom is -0.497 e. The van der Waals surface area contributed by atoms with Gasteiger partial charge in [0.25, 0.3) is 0 Å². The van der Waals surface area contributed by atoms with Crippen molar-refractivity contribution in [3.8, 4) is 5.75 Å². The van der Waals surface area contributed by atoms with Crippen LogP contribution in [0.2, 0.25) is 0 Å². The summed E-state index contributed by atoms with van der Waals surface area (Å²) in [7, 11) is 1.65. The highest BCUT2D eigenvalue weighted by Crippen LogP contribution is 2.22. The third-order valence-electron chi connectivity index (χ3n) is 4.21. The zero-order chi connectivity index (χ0) is 17.6. The number of Topliss-reactive ketones (excluding diaryl/α,β-unsaturated/α-hetero) is 1. The molecular formula is C19H23N3O3. The van der Waals surface area contributed by atoms with E-state index in [2.05, 4.69) is 15.2 Å². The number of ether oxygens (including phenoxy) is 2. The molecule has 0 bridgehead atoms. The van der Waals surface area contributed by atoms with Crippen molar-refractivity contribution >= 4 is 17.4 Å². The Morgan fingerprint density at radius 2 is 1.92 bits per heavy atom. The lowest BCUT2D eigenvalue weighted by molar-refractivity contribution is 0.101. The van der Waals surface area contributed by atoms with Crippen LogP contribution in [0.1, 0.15) is 22.8 Å². The average molecular weight is 341 g/mol. The first kappa shape index (κ1) is 17.2. The Hall–Kier alpha value is -2.60. The molecule has 2 aromatic rings. The van der Waals surface area contributed by atoms with Crippen molar-refractivity contribution in [3.05, 3.63) is 47.5 Å². The molecule has 0 atom stereocenters. The monoisotopic (exact) mass is 341 g/mol. The Kier molecular flexibility index (Phi) is 5.50. The van der Waals surface area contributed by atoms with E-state index in [4.69, 9.17) is 9.47 Å². The van der Waals surface area contributed by atoms with Crippen molar-refractivity contribution in [2.24, 2.45) is 0 Å². The first-order chi connectivity index (χ1) is 12.2. The highest BCUT2D eigenvalue weighted by atomic mass is 16.5. The number of rotatable bonds is 6. The maximum atomic E-state index is 11.9. The van der Waals surface area contributed by atoms with Crippen LogP contribution in [-0.2, 0) is 11.3 Å². The lowest BCUT2D eigenvalue weighted by Gasteiger charge is -2.28. The van der Waals surface area contributed by atoms with Crippen LogP contribution >= 0.6 is 0 Å². The average Bonchev–Trinajstić information content (AvgIpc) is 2.67. The topological polar surface area (TPSA) is 63.7 Å². The van der Waals surface area contributed by atoms with Gasteiger partial charge in [0, 0.05) is 19.6 Å². The zero-order valence-corrected chi connectivity index (χ0v) is 14.6. The van der Waals surface area contributed by atoms with Gasteiger partial charge in [-0.1, -0.05) is 12.1 Å². The van der Waals surface area contributed by atoms with Gasteiger partial charge in [-0.15, -0.1) is 0 Å². The minimum absolute atomic E-state index is 0.00161. The molecule has 6 nitrogen and oxygen atoms in total. The number of methoxy groups -OCH3 is 1. The molecule has 0 aliphatic carbocycles. The number of hydrogen-bond acceptors (Lipinski definition) is 6. The molecule has 1 fully saturated rings. The van der Waals surface area contributed by atoms with Crippen LogP contribution in [0.3, 0.4) is 0 Å². The maximum absolute atomic E-state index is 11.9. The molecule has 1 N–H and O–H groups in total. The second-order valence-electron chi connectivity index (χ2n) is 5.92. The molecule has 6 heteroatoms. The van der Waals surface area contributed by atoms with Crippen LogP contribution in [0, 0.1) is 0 Å². The van der Waals surface area contributed by atoms with Gasteiger partial charge in [-0.3, -0.25) is 4.79 Å². The normalized spacial score (nSPS) is 14.2. The highest BCUT2D eigenvalue weighted by Gasteiger charge is 2.16. The van der Waals surface area contributed by atoms with E-state index in [0.29, 0.717) is 31.1 Å². The van der Waals surface area contributed by atoms with Gasteiger partial charge in [-0.25, -0.2) is 4.98 Å². The number of morpholine rings is 1. The molecule has 0 spiro atoms. The van der Waals surface area contributed by atoms with Gasteiger partial charge in [0.15, 0.2) is 5.78 Å². The summed E-state index contributed by atoms with van der Waals surface area (Å²) >= 11 is 0. The number of benzene rings is 1. The van der Waals surface area contributed by atoms with Crippen molar-refractivity contribution < 1.29 is 14.3 Å². The minimum atomic E-state index is -0.00161. The molecule has 0 radical (unpaired) electrons. The predicted octanol–water partition coefficient (Wildman–Crippen LogP) is 2.74. The van der Waals surface area contributed by atoms with Gasteiger partial charge < -0.3 is 19.7 Å². The lowest BCUT2D eigenvalue weighted by atomic mass is 10.1. The summed E-state index contributed by atoms with van der Waals surface area (Å²) in [5, 5.41) is 3.30. The number of nitrogens with zero attached hydrogens (tertiary/aromatic N) is 2. The molecular weight excluding hydrogens is 318 g/mol. The maximum Gasteiger partial charge on any atom is 0.163 e. The van der Waals surface area contributed by atoms with Crippen LogP contribution in [-0.4, -0.2) is 44.2 Å². The fourth-order valence-electron chi connectivity index (χ4n) is 2.77. The number of pyridine rings is 1. The summed E-state index contributed by atoms with van der Waals surface area (Å²) < 4.78 is 10.6. The Labute approximate surface area is 147 Å². The van der Waals surface area contributed by atoms with Crippen molar-refractivity contribution in [3.63, 3.8) is 0 Å². The second-order valence-corrected chi connectivity index (χ2v) is 5.92. The second kappa shape index (κ2) is 7.98. The molecule has 1 aliphatic rings. The van der Waals surface area contributed by atoms with Crippen LogP contribution in [0.4, 0.5) is 11.6 Å². The molecule has 2 heterocycles. The fourth-order valence-corrected chi connectivity index (χ4v) is 2.77. The van der Waals surface area contributed by atoms with Crippen molar-refractivity contribution in [2.45, 2.75) is 13.5 Å². The molecule has 1 aliphatic heterocycles. The smallest absolute Gasteiger partial charge is 0.163 e. The van der Waals surface area contributed by atoms with Gasteiger partial charge in [-0.2, -0.15) is 0 Å². The van der Waals surface area contributed by atoms with Crippen molar-refractivity contribution in [1.82, 2.24) is 4.98 Å². The largest absolute Gasteiger partial charge is 0.497 e. The third kappa shape index (κ3) is 4.28. The summed E-state index contributed by atoms with van der Waals surface area (Å²) in [4.78, 5) is 18.8. The Morgan fingerprint density at radius 1 is 1.20 bits per heavy atom. The molecule has 3 rings (SSSR count). The van der Waals surface area contributed by atoms with Crippen LogP contribution < -0.4 is 15.0 Å². The van der Waals surface area contributed by atoms with E-state index in [9.17, 15) is 4.79 Å². The van der Waals surface area contributed by atoms with E-state index in [-0.39, 0.29) is 5.78 Å². The molecule has 25 heavy (non-hydrogen) atoms. The number of nitrogens with one attached hydrogen (secondary N) is 1. The van der Waals surface area contributed by atoms with E-state index in [1.54, 1.807) is 14.0 Å². The Balaban J connectivity index is 1.77. The first-order valence-electron chi connectivity index (χ1n) is 8.39. The quantitative estimate of drug-likeness (QED) is 0.815. The van der Waals surface area contributed by atoms with E-state index in [0.717, 1.165) is 30.2 Å². The summed E-state index contributed by atoms with van der Waals surface area (Å²) in [6.45, 7) is 5.16. The van der Waals surface area contributed by atoms with Crippen molar-refractivity contribution in [2.75, 3.05) is 43.6 Å². The van der Waals surface area contributed by atoms with Crippen LogP contribution in [0.25, 0.3) is 0 Å². The van der Waals surface area contributed by atoms with Crippen molar-refractivity contribution in [1.29, 1.82) is 0 Å². The van der Waals surface area contributed by atoms with Gasteiger partial charge in [-0.05, 0) is 36.8 Å². The van der Waals surface area contributed by atoms with E-state index in [1.807, 2.05) is 36.4 Å². The van der Waals surface area contributed by atoms with E-state index < -0.39 is 0 Å². The number of aromatic nitrogens is 1. The molecule has 1 aromatic heterocycles. The first-order valence-corrected chi connectivity index (χ1v) is 8.39. The molecule has 132 valence electrons. The third-order valence-corrected chi connectivity index (χ3v) is 4.21. The molecule has 1 aromatic carbocycles. The molecule has 0 amide bonds. The number of carbonyl (C=O) groups is 1. The molecule has 0 saturated carbocycles. The summed E-state index contributed by atoms with van der Waals surface area (Å²) in [6.07, 6.45) is 0. The Morgan fingerprint density at radius 3 is 2.56 bits per heavy atom. The standard InChI is InChI=1S/C19H23N3O3/c1-14(23)17-7-8-18(22-9-11-25-12-10-22)21-19(17)20-13-15-3-5-16(24-2)6-4-15/h3-8H,9-13H2,1-2H3,(H,20,21). The van der Waals surface area contributed by atoms with E-state index >= 15 is 0 Å². The highest BCUT2D eigenvalue weighted by molar-refractivity contribution is 5.99. The summed E-state index contributed by atoms with van der Waals surface area (Å²) in [6, 6.07) is 11.6. The SMILES string of the molecule is COc1ccc(CNc2nc(N3CCOCC3)ccc2C(C)=O)cc1. The predicted molar refractivity (Wildman–Crippen MR) is 97.6 cm³/mol. The summed E-state index contributed by atoms with van der Waals surface area (Å²) in [5.41, 5.74) is 1.69.